The fourth-order valence-corrected chi connectivity index (χ4v) is 6.94. The van der Waals surface area contributed by atoms with E-state index >= 15 is 0 Å². The Morgan fingerprint density at radius 1 is 1.04 bits per heavy atom. The molecule has 0 amide bonds. The molecule has 1 atom stereocenters. The van der Waals surface area contributed by atoms with Crippen molar-refractivity contribution in [1.82, 2.24) is 4.57 Å². The second-order valence-corrected chi connectivity index (χ2v) is 11.9. The summed E-state index contributed by atoms with van der Waals surface area (Å²) < 4.78 is 19.1. The molecule has 0 spiro atoms. The lowest BCUT2D eigenvalue weighted by atomic mass is 9.97. The Balaban J connectivity index is 1.44. The minimum atomic E-state index is -0.695. The second kappa shape index (κ2) is 13.2. The molecular formula is C35H27N3O5S2. The SMILES string of the molecule is CCOC(=O)C1=C(c2ccccc2)N=c2s/c(=C\c3ccc(OCc4ccccc4C#N)c(OC)c3)c(=O)n2[C@H]1c1cccs1. The van der Waals surface area contributed by atoms with Crippen molar-refractivity contribution in [1.29, 1.82) is 5.26 Å². The molecule has 0 unspecified atom stereocenters. The average Bonchev–Trinajstić information content (AvgIpc) is 3.72. The first-order valence-electron chi connectivity index (χ1n) is 14.1. The zero-order valence-electron chi connectivity index (χ0n) is 24.4. The minimum Gasteiger partial charge on any atom is -0.493 e. The molecule has 224 valence electrons. The summed E-state index contributed by atoms with van der Waals surface area (Å²) in [6, 6.07) is 27.4. The molecule has 8 nitrogen and oxygen atoms in total. The summed E-state index contributed by atoms with van der Waals surface area (Å²) in [5.41, 5.74) is 3.35. The van der Waals surface area contributed by atoms with Crippen LogP contribution < -0.4 is 24.4 Å². The number of carbonyl (C=O) groups excluding carboxylic acids is 1. The standard InChI is InChI=1S/C35H27N3O5S2/c1-3-42-34(40)30-31(23-10-5-4-6-11-23)37-35-38(32(30)28-14-9-17-44-28)33(39)29(45-35)19-22-15-16-26(27(18-22)41-2)43-21-25-13-8-7-12-24(25)20-36/h4-19,32H,3,21H2,1-2H3/b29-19-/t32-/m0/s1. The molecular weight excluding hydrogens is 607 g/mol. The molecule has 10 heteroatoms. The number of esters is 1. The largest absolute Gasteiger partial charge is 0.493 e. The van der Waals surface area contributed by atoms with Crippen molar-refractivity contribution in [3.8, 4) is 17.6 Å². The molecule has 45 heavy (non-hydrogen) atoms. The van der Waals surface area contributed by atoms with Gasteiger partial charge in [0.25, 0.3) is 5.56 Å². The molecule has 0 N–H and O–H groups in total. The van der Waals surface area contributed by atoms with E-state index in [1.807, 2.05) is 72.1 Å². The molecule has 0 radical (unpaired) electrons. The van der Waals surface area contributed by atoms with Crippen molar-refractivity contribution in [3.05, 3.63) is 143 Å². The van der Waals surface area contributed by atoms with Gasteiger partial charge in [-0.1, -0.05) is 72.0 Å². The number of fused-ring (bicyclic) bond motifs is 1. The van der Waals surface area contributed by atoms with E-state index in [0.29, 0.717) is 37.7 Å². The van der Waals surface area contributed by atoms with Crippen LogP contribution in [0, 0.1) is 11.3 Å². The van der Waals surface area contributed by atoms with E-state index in [1.165, 1.54) is 22.7 Å². The van der Waals surface area contributed by atoms with E-state index in [4.69, 9.17) is 19.2 Å². The Labute approximate surface area is 267 Å². The van der Waals surface area contributed by atoms with Gasteiger partial charge in [-0.05, 0) is 48.2 Å². The summed E-state index contributed by atoms with van der Waals surface area (Å²) in [4.78, 5) is 33.7. The van der Waals surface area contributed by atoms with Gasteiger partial charge in [0, 0.05) is 16.0 Å². The molecule has 0 aliphatic carbocycles. The molecule has 1 aliphatic rings. The van der Waals surface area contributed by atoms with Crippen molar-refractivity contribution in [3.63, 3.8) is 0 Å². The van der Waals surface area contributed by atoms with E-state index in [-0.39, 0.29) is 18.8 Å². The van der Waals surface area contributed by atoms with Gasteiger partial charge in [0.2, 0.25) is 0 Å². The van der Waals surface area contributed by atoms with E-state index in [0.717, 1.165) is 21.6 Å². The lowest BCUT2D eigenvalue weighted by molar-refractivity contribution is -0.138. The number of methoxy groups -OCH3 is 1. The Hall–Kier alpha value is -5.24. The molecule has 0 bridgehead atoms. The predicted octanol–water partition coefficient (Wildman–Crippen LogP) is 5.46. The molecule has 0 fully saturated rings. The third kappa shape index (κ3) is 5.96. The van der Waals surface area contributed by atoms with Crippen molar-refractivity contribution < 1.29 is 19.0 Å². The average molecular weight is 634 g/mol. The van der Waals surface area contributed by atoms with Crippen LogP contribution in [0.25, 0.3) is 11.8 Å². The number of ether oxygens (including phenoxy) is 3. The number of rotatable bonds is 9. The fourth-order valence-electron chi connectivity index (χ4n) is 5.11. The molecule has 1 aliphatic heterocycles. The Bertz CT molecular complexity index is 2120. The van der Waals surface area contributed by atoms with Gasteiger partial charge >= 0.3 is 5.97 Å². The molecule has 0 saturated heterocycles. The molecule has 2 aromatic heterocycles. The van der Waals surface area contributed by atoms with E-state index in [2.05, 4.69) is 6.07 Å². The summed E-state index contributed by atoms with van der Waals surface area (Å²) >= 11 is 2.72. The third-order valence-electron chi connectivity index (χ3n) is 7.19. The maximum absolute atomic E-state index is 14.1. The summed E-state index contributed by atoms with van der Waals surface area (Å²) in [7, 11) is 1.55. The van der Waals surface area contributed by atoms with Crippen LogP contribution in [-0.4, -0.2) is 24.3 Å². The normalized spacial score (nSPS) is 14.3. The Morgan fingerprint density at radius 2 is 1.84 bits per heavy atom. The first-order chi connectivity index (χ1) is 22.0. The summed E-state index contributed by atoms with van der Waals surface area (Å²) in [5.74, 6) is 0.483. The summed E-state index contributed by atoms with van der Waals surface area (Å²) in [5, 5.41) is 11.3. The van der Waals surface area contributed by atoms with Gasteiger partial charge in [-0.25, -0.2) is 9.79 Å². The maximum atomic E-state index is 14.1. The molecule has 3 aromatic carbocycles. The number of nitrogens with zero attached hydrogens (tertiary/aromatic N) is 3. The highest BCUT2D eigenvalue weighted by Gasteiger charge is 2.35. The third-order valence-corrected chi connectivity index (χ3v) is 9.10. The van der Waals surface area contributed by atoms with Crippen molar-refractivity contribution in [2.75, 3.05) is 13.7 Å². The number of thiazole rings is 1. The van der Waals surface area contributed by atoms with Crippen molar-refractivity contribution in [2.24, 2.45) is 4.99 Å². The van der Waals surface area contributed by atoms with Gasteiger partial charge in [0.05, 0.1) is 41.2 Å². The molecule has 6 rings (SSSR count). The van der Waals surface area contributed by atoms with Crippen LogP contribution >= 0.6 is 22.7 Å². The predicted molar refractivity (Wildman–Crippen MR) is 174 cm³/mol. The van der Waals surface area contributed by atoms with Crippen LogP contribution in [0.4, 0.5) is 0 Å². The number of carbonyl (C=O) groups is 1. The van der Waals surface area contributed by atoms with E-state index in [1.54, 1.807) is 42.9 Å². The lowest BCUT2D eigenvalue weighted by Gasteiger charge is -2.24. The van der Waals surface area contributed by atoms with Gasteiger partial charge in [-0.15, -0.1) is 11.3 Å². The highest BCUT2D eigenvalue weighted by atomic mass is 32.1. The monoisotopic (exact) mass is 633 g/mol. The van der Waals surface area contributed by atoms with Gasteiger partial charge in [-0.3, -0.25) is 9.36 Å². The zero-order chi connectivity index (χ0) is 31.3. The molecule has 3 heterocycles. The molecule has 5 aromatic rings. The topological polar surface area (TPSA) is 103 Å². The number of hydrogen-bond acceptors (Lipinski definition) is 9. The summed E-state index contributed by atoms with van der Waals surface area (Å²) in [6.07, 6.45) is 1.78. The number of nitriles is 1. The van der Waals surface area contributed by atoms with Crippen LogP contribution in [0.2, 0.25) is 0 Å². The quantitative estimate of drug-likeness (QED) is 0.200. The molecule has 0 saturated carbocycles. The number of aromatic nitrogens is 1. The minimum absolute atomic E-state index is 0.193. The summed E-state index contributed by atoms with van der Waals surface area (Å²) in [6.45, 7) is 2.15. The van der Waals surface area contributed by atoms with Gasteiger partial charge in [0.1, 0.15) is 12.6 Å². The second-order valence-electron chi connectivity index (χ2n) is 9.91. The van der Waals surface area contributed by atoms with Crippen LogP contribution in [0.3, 0.4) is 0 Å². The van der Waals surface area contributed by atoms with Crippen LogP contribution in [0.5, 0.6) is 11.5 Å². The number of hydrogen-bond donors (Lipinski definition) is 0. The Kier molecular flexibility index (Phi) is 8.73. The van der Waals surface area contributed by atoms with Gasteiger partial charge in [-0.2, -0.15) is 5.26 Å². The first-order valence-corrected chi connectivity index (χ1v) is 15.8. The van der Waals surface area contributed by atoms with E-state index < -0.39 is 12.0 Å². The fraction of sp³-hybridized carbons (Fsp3) is 0.143. The first kappa shape index (κ1) is 29.8. The highest BCUT2D eigenvalue weighted by molar-refractivity contribution is 7.10. The lowest BCUT2D eigenvalue weighted by Crippen LogP contribution is -2.39. The maximum Gasteiger partial charge on any atom is 0.338 e. The zero-order valence-corrected chi connectivity index (χ0v) is 26.1. The van der Waals surface area contributed by atoms with Crippen LogP contribution in [-0.2, 0) is 16.1 Å². The van der Waals surface area contributed by atoms with E-state index in [9.17, 15) is 14.9 Å². The van der Waals surface area contributed by atoms with Crippen molar-refractivity contribution in [2.45, 2.75) is 19.6 Å². The highest BCUT2D eigenvalue weighted by Crippen LogP contribution is 2.37. The smallest absolute Gasteiger partial charge is 0.338 e. The van der Waals surface area contributed by atoms with Crippen LogP contribution in [0.1, 0.15) is 40.1 Å². The van der Waals surface area contributed by atoms with Gasteiger partial charge < -0.3 is 14.2 Å². The Morgan fingerprint density at radius 3 is 2.58 bits per heavy atom. The number of benzene rings is 3. The van der Waals surface area contributed by atoms with Gasteiger partial charge in [0.15, 0.2) is 16.3 Å². The van der Waals surface area contributed by atoms with Crippen LogP contribution in [0.15, 0.2) is 106 Å². The van der Waals surface area contributed by atoms with Crippen molar-refractivity contribution >= 4 is 40.4 Å². The number of thiophene rings is 1.